The molecule has 7 heteroatoms. The fraction of sp³-hybridized carbons (Fsp3) is 0.600. The summed E-state index contributed by atoms with van der Waals surface area (Å²) in [5.41, 5.74) is 0.438. The molecule has 1 aliphatic heterocycles. The summed E-state index contributed by atoms with van der Waals surface area (Å²) >= 11 is 0. The van der Waals surface area contributed by atoms with Crippen LogP contribution in [0.1, 0.15) is 62.4 Å². The topological polar surface area (TPSA) is 75.9 Å². The molecule has 0 radical (unpaired) electrons. The van der Waals surface area contributed by atoms with Gasteiger partial charge < -0.3 is 10.2 Å². The van der Waals surface area contributed by atoms with E-state index in [1.807, 2.05) is 6.07 Å². The van der Waals surface area contributed by atoms with Gasteiger partial charge >= 0.3 is 0 Å². The highest BCUT2D eigenvalue weighted by Crippen LogP contribution is 2.22. The highest BCUT2D eigenvalue weighted by atomic mass is 16.2. The summed E-state index contributed by atoms with van der Waals surface area (Å²) in [5, 5.41) is 3.11. The largest absolute Gasteiger partial charge is 0.356 e. The maximum Gasteiger partial charge on any atom is 0.271 e. The van der Waals surface area contributed by atoms with Crippen molar-refractivity contribution in [2.45, 2.75) is 57.9 Å². The van der Waals surface area contributed by atoms with Crippen molar-refractivity contribution in [3.05, 3.63) is 30.6 Å². The van der Waals surface area contributed by atoms with Gasteiger partial charge in [0.2, 0.25) is 0 Å². The fourth-order valence-electron chi connectivity index (χ4n) is 3.96. The summed E-state index contributed by atoms with van der Waals surface area (Å²) in [5.74, 6) is 2.36. The maximum absolute atomic E-state index is 12.5. The molecular weight excluding hydrogens is 340 g/mol. The van der Waals surface area contributed by atoms with Crippen LogP contribution in [-0.2, 0) is 0 Å². The zero-order valence-electron chi connectivity index (χ0n) is 16.0. The van der Waals surface area contributed by atoms with Crippen molar-refractivity contribution in [3.8, 4) is 5.82 Å². The molecule has 7 nitrogen and oxygen atoms in total. The average Bonchev–Trinajstić information content (AvgIpc) is 3.20. The zero-order valence-corrected chi connectivity index (χ0v) is 16.0. The molecule has 1 amide bonds. The average molecular weight is 368 g/mol. The number of hydrogen-bond donors (Lipinski definition) is 1. The molecule has 3 heterocycles. The molecule has 2 fully saturated rings. The van der Waals surface area contributed by atoms with Crippen LogP contribution in [0.25, 0.3) is 5.82 Å². The van der Waals surface area contributed by atoms with Crippen LogP contribution in [0.2, 0.25) is 0 Å². The number of carbonyl (C=O) groups excluding carboxylic acids is 1. The summed E-state index contributed by atoms with van der Waals surface area (Å²) in [4.78, 5) is 27.9. The standard InChI is InChI=1S/C20H28N6O/c1-15-7-9-25(10-8-15)18-11-19(22-13-21-18)26-12-17(23-14-26)20(27)24-16-5-3-2-4-6-16/h11-16H,2-10H2,1H3,(H,24,27). The van der Waals surface area contributed by atoms with Crippen LogP contribution in [0, 0.1) is 5.92 Å². The Bertz CT molecular complexity index is 774. The van der Waals surface area contributed by atoms with Gasteiger partial charge in [-0.1, -0.05) is 26.2 Å². The Morgan fingerprint density at radius 2 is 1.78 bits per heavy atom. The Hall–Kier alpha value is -2.44. The van der Waals surface area contributed by atoms with E-state index in [0.29, 0.717) is 5.69 Å². The van der Waals surface area contributed by atoms with Gasteiger partial charge in [0.15, 0.2) is 0 Å². The third-order valence-electron chi connectivity index (χ3n) is 5.77. The predicted molar refractivity (Wildman–Crippen MR) is 104 cm³/mol. The van der Waals surface area contributed by atoms with E-state index in [1.54, 1.807) is 23.4 Å². The molecule has 2 aliphatic rings. The minimum atomic E-state index is -0.0973. The first-order valence-corrected chi connectivity index (χ1v) is 10.1. The van der Waals surface area contributed by atoms with Crippen LogP contribution in [0.15, 0.2) is 24.9 Å². The minimum absolute atomic E-state index is 0.0973. The quantitative estimate of drug-likeness (QED) is 0.898. The summed E-state index contributed by atoms with van der Waals surface area (Å²) < 4.78 is 1.80. The van der Waals surface area contributed by atoms with Crippen LogP contribution in [0.5, 0.6) is 0 Å². The van der Waals surface area contributed by atoms with Gasteiger partial charge in [-0.05, 0) is 31.6 Å². The number of piperidine rings is 1. The van der Waals surface area contributed by atoms with E-state index in [2.05, 4.69) is 32.1 Å². The van der Waals surface area contributed by atoms with Gasteiger partial charge in [0.25, 0.3) is 5.91 Å². The second-order valence-corrected chi connectivity index (χ2v) is 7.88. The molecule has 0 spiro atoms. The lowest BCUT2D eigenvalue weighted by atomic mass is 9.95. The number of carbonyl (C=O) groups is 1. The number of nitrogens with one attached hydrogen (secondary N) is 1. The first-order valence-electron chi connectivity index (χ1n) is 10.1. The molecule has 4 rings (SSSR count). The van der Waals surface area contributed by atoms with Gasteiger partial charge in [0.05, 0.1) is 0 Å². The third-order valence-corrected chi connectivity index (χ3v) is 5.77. The molecule has 0 aromatic carbocycles. The first-order chi connectivity index (χ1) is 13.2. The van der Waals surface area contributed by atoms with Gasteiger partial charge in [-0.3, -0.25) is 9.36 Å². The van der Waals surface area contributed by atoms with Crippen molar-refractivity contribution in [1.29, 1.82) is 0 Å². The molecule has 27 heavy (non-hydrogen) atoms. The van der Waals surface area contributed by atoms with Crippen LogP contribution in [0.3, 0.4) is 0 Å². The number of anilines is 1. The zero-order chi connectivity index (χ0) is 18.6. The molecule has 2 aromatic heterocycles. The van der Waals surface area contributed by atoms with Crippen LogP contribution in [-0.4, -0.2) is 44.6 Å². The first kappa shape index (κ1) is 17.9. The second-order valence-electron chi connectivity index (χ2n) is 7.88. The lowest BCUT2D eigenvalue weighted by molar-refractivity contribution is 0.0923. The van der Waals surface area contributed by atoms with E-state index >= 15 is 0 Å². The van der Waals surface area contributed by atoms with Crippen LogP contribution >= 0.6 is 0 Å². The fourth-order valence-corrected chi connectivity index (χ4v) is 3.96. The third kappa shape index (κ3) is 4.28. The Morgan fingerprint density at radius 3 is 2.56 bits per heavy atom. The van der Waals surface area contributed by atoms with E-state index in [4.69, 9.17) is 0 Å². The van der Waals surface area contributed by atoms with Gasteiger partial charge in [-0.25, -0.2) is 15.0 Å². The van der Waals surface area contributed by atoms with E-state index in [1.165, 1.54) is 32.1 Å². The van der Waals surface area contributed by atoms with Crippen molar-refractivity contribution in [1.82, 2.24) is 24.8 Å². The maximum atomic E-state index is 12.5. The Balaban J connectivity index is 1.44. The van der Waals surface area contributed by atoms with Gasteiger partial charge in [0.1, 0.15) is 30.0 Å². The lowest BCUT2D eigenvalue weighted by Gasteiger charge is -2.31. The van der Waals surface area contributed by atoms with Crippen molar-refractivity contribution in [3.63, 3.8) is 0 Å². The smallest absolute Gasteiger partial charge is 0.271 e. The minimum Gasteiger partial charge on any atom is -0.356 e. The molecule has 144 valence electrons. The van der Waals surface area contributed by atoms with E-state index in [9.17, 15) is 4.79 Å². The predicted octanol–water partition coefficient (Wildman–Crippen LogP) is 2.96. The summed E-state index contributed by atoms with van der Waals surface area (Å²) in [6.45, 7) is 4.35. The van der Waals surface area contributed by atoms with Crippen LogP contribution < -0.4 is 10.2 Å². The molecular formula is C20H28N6O. The van der Waals surface area contributed by atoms with Crippen molar-refractivity contribution < 1.29 is 4.79 Å². The van der Waals surface area contributed by atoms with Crippen molar-refractivity contribution in [2.24, 2.45) is 5.92 Å². The van der Waals surface area contributed by atoms with Crippen LogP contribution in [0.4, 0.5) is 5.82 Å². The second kappa shape index (κ2) is 8.06. The van der Waals surface area contributed by atoms with Gasteiger partial charge in [-0.2, -0.15) is 0 Å². The highest BCUT2D eigenvalue weighted by molar-refractivity contribution is 5.92. The normalized spacial score (nSPS) is 19.2. The summed E-state index contributed by atoms with van der Waals surface area (Å²) in [6, 6.07) is 2.25. The number of amides is 1. The van der Waals surface area contributed by atoms with E-state index in [0.717, 1.165) is 43.5 Å². The SMILES string of the molecule is CC1CCN(c2cc(-n3cnc(C(=O)NC4CCCCC4)c3)ncn2)CC1. The van der Waals surface area contributed by atoms with Crippen molar-refractivity contribution in [2.75, 3.05) is 18.0 Å². The number of hydrogen-bond acceptors (Lipinski definition) is 5. The molecule has 0 unspecified atom stereocenters. The lowest BCUT2D eigenvalue weighted by Crippen LogP contribution is -2.36. The molecule has 0 bridgehead atoms. The molecule has 1 saturated heterocycles. The Labute approximate surface area is 160 Å². The molecule has 0 atom stereocenters. The van der Waals surface area contributed by atoms with E-state index in [-0.39, 0.29) is 11.9 Å². The Morgan fingerprint density at radius 1 is 1.04 bits per heavy atom. The van der Waals surface area contributed by atoms with E-state index < -0.39 is 0 Å². The molecule has 1 aliphatic carbocycles. The summed E-state index contributed by atoms with van der Waals surface area (Å²) in [6.07, 6.45) is 13.2. The number of imidazole rings is 1. The number of nitrogens with zero attached hydrogens (tertiary/aromatic N) is 5. The monoisotopic (exact) mass is 368 g/mol. The molecule has 1 N–H and O–H groups in total. The van der Waals surface area contributed by atoms with Gasteiger partial charge in [0, 0.05) is 31.4 Å². The molecule has 2 aromatic rings. The number of rotatable bonds is 4. The van der Waals surface area contributed by atoms with Crippen molar-refractivity contribution >= 4 is 11.7 Å². The number of aromatic nitrogens is 4. The van der Waals surface area contributed by atoms with Gasteiger partial charge in [-0.15, -0.1) is 0 Å². The Kier molecular flexibility index (Phi) is 5.36. The summed E-state index contributed by atoms with van der Waals surface area (Å²) in [7, 11) is 0. The highest BCUT2D eigenvalue weighted by Gasteiger charge is 2.20. The molecule has 1 saturated carbocycles.